The molecule has 0 bridgehead atoms. The molecular weight excluding hydrogens is 136 g/mol. The first kappa shape index (κ1) is 7.56. The van der Waals surface area contributed by atoms with Crippen LogP contribution in [-0.4, -0.2) is 30.1 Å². The fourth-order valence-corrected chi connectivity index (χ4v) is 2.03. The molecule has 0 aromatic rings. The lowest BCUT2D eigenvalue weighted by Gasteiger charge is -2.19. The maximum Gasteiger partial charge on any atom is 0.0182 e. The summed E-state index contributed by atoms with van der Waals surface area (Å²) in [6.45, 7) is 4.75. The van der Waals surface area contributed by atoms with Crippen molar-refractivity contribution in [3.63, 3.8) is 0 Å². The van der Waals surface area contributed by atoms with E-state index in [-0.39, 0.29) is 0 Å². The second-order valence-corrected chi connectivity index (χ2v) is 4.24. The minimum absolute atomic E-state index is 0.448. The van der Waals surface area contributed by atoms with Crippen molar-refractivity contribution in [2.24, 2.45) is 11.7 Å². The van der Waals surface area contributed by atoms with Crippen molar-refractivity contribution in [1.82, 2.24) is 4.90 Å². The Morgan fingerprint density at radius 2 is 2.18 bits per heavy atom. The molecule has 2 fully saturated rings. The number of nitrogens with two attached hydrogens (primary N) is 1. The summed E-state index contributed by atoms with van der Waals surface area (Å²) >= 11 is 0. The van der Waals surface area contributed by atoms with E-state index < -0.39 is 0 Å². The summed E-state index contributed by atoms with van der Waals surface area (Å²) in [4.78, 5) is 2.56. The third kappa shape index (κ3) is 1.74. The van der Waals surface area contributed by atoms with Crippen LogP contribution in [0, 0.1) is 5.92 Å². The molecule has 2 unspecified atom stereocenters. The van der Waals surface area contributed by atoms with Crippen LogP contribution in [0.1, 0.15) is 26.2 Å². The van der Waals surface area contributed by atoms with Crippen LogP contribution in [0.4, 0.5) is 0 Å². The van der Waals surface area contributed by atoms with Crippen LogP contribution in [0.2, 0.25) is 0 Å². The van der Waals surface area contributed by atoms with Gasteiger partial charge in [-0.3, -0.25) is 4.90 Å². The Balaban J connectivity index is 1.82. The molecule has 0 aromatic carbocycles. The summed E-state index contributed by atoms with van der Waals surface area (Å²) in [6.07, 6.45) is 4.11. The summed E-state index contributed by atoms with van der Waals surface area (Å²) in [5.74, 6) is 1.02. The first-order chi connectivity index (χ1) is 5.25. The minimum Gasteiger partial charge on any atom is -0.326 e. The molecule has 1 aliphatic carbocycles. The molecule has 2 N–H and O–H groups in total. The normalized spacial score (nSPS) is 39.8. The number of hydrogen-bond acceptors (Lipinski definition) is 2. The second-order valence-electron chi connectivity index (χ2n) is 4.24. The average molecular weight is 154 g/mol. The first-order valence-electron chi connectivity index (χ1n) is 4.75. The zero-order valence-electron chi connectivity index (χ0n) is 7.29. The zero-order chi connectivity index (χ0) is 7.84. The largest absolute Gasteiger partial charge is 0.326 e. The van der Waals surface area contributed by atoms with E-state index in [4.69, 9.17) is 5.73 Å². The standard InChI is InChI=1S/C9H18N2/c1-7-4-9(10)6-11(7)5-8-2-3-8/h7-9H,2-6,10H2,1H3. The van der Waals surface area contributed by atoms with Gasteiger partial charge in [-0.25, -0.2) is 0 Å². The summed E-state index contributed by atoms with van der Waals surface area (Å²) in [7, 11) is 0. The number of nitrogens with zero attached hydrogens (tertiary/aromatic N) is 1. The molecule has 2 nitrogen and oxygen atoms in total. The smallest absolute Gasteiger partial charge is 0.0182 e. The van der Waals surface area contributed by atoms with Crippen LogP contribution in [0.25, 0.3) is 0 Å². The van der Waals surface area contributed by atoms with Gasteiger partial charge in [-0.05, 0) is 32.1 Å². The summed E-state index contributed by atoms with van der Waals surface area (Å²) in [5, 5.41) is 0. The van der Waals surface area contributed by atoms with Crippen molar-refractivity contribution in [2.45, 2.75) is 38.3 Å². The van der Waals surface area contributed by atoms with Gasteiger partial charge < -0.3 is 5.73 Å². The Hall–Kier alpha value is -0.0800. The van der Waals surface area contributed by atoms with Crippen molar-refractivity contribution >= 4 is 0 Å². The van der Waals surface area contributed by atoms with Crippen LogP contribution in [0.15, 0.2) is 0 Å². The van der Waals surface area contributed by atoms with Crippen LogP contribution < -0.4 is 5.73 Å². The Morgan fingerprint density at radius 3 is 2.64 bits per heavy atom. The van der Waals surface area contributed by atoms with E-state index in [2.05, 4.69) is 11.8 Å². The Labute approximate surface area is 68.7 Å². The quantitative estimate of drug-likeness (QED) is 0.638. The Morgan fingerprint density at radius 1 is 1.45 bits per heavy atom. The highest BCUT2D eigenvalue weighted by atomic mass is 15.2. The molecule has 2 rings (SSSR count). The SMILES string of the molecule is CC1CC(N)CN1CC1CC1. The molecule has 0 spiro atoms. The van der Waals surface area contributed by atoms with Crippen molar-refractivity contribution < 1.29 is 0 Å². The number of hydrogen-bond donors (Lipinski definition) is 1. The molecule has 0 amide bonds. The molecule has 0 radical (unpaired) electrons. The summed E-state index contributed by atoms with van der Waals surface area (Å²) < 4.78 is 0. The molecule has 1 aliphatic heterocycles. The molecule has 1 saturated heterocycles. The maximum absolute atomic E-state index is 5.87. The van der Waals surface area contributed by atoms with E-state index in [1.807, 2.05) is 0 Å². The number of rotatable bonds is 2. The molecule has 11 heavy (non-hydrogen) atoms. The lowest BCUT2D eigenvalue weighted by molar-refractivity contribution is 0.256. The van der Waals surface area contributed by atoms with Crippen molar-refractivity contribution in [2.75, 3.05) is 13.1 Å². The molecule has 2 aliphatic rings. The van der Waals surface area contributed by atoms with Gasteiger partial charge >= 0.3 is 0 Å². The molecule has 1 saturated carbocycles. The lowest BCUT2D eigenvalue weighted by Crippen LogP contribution is -2.31. The number of likely N-dealkylation sites (tertiary alicyclic amines) is 1. The molecule has 1 heterocycles. The molecular formula is C9H18N2. The van der Waals surface area contributed by atoms with Crippen LogP contribution >= 0.6 is 0 Å². The van der Waals surface area contributed by atoms with Gasteiger partial charge in [-0.2, -0.15) is 0 Å². The first-order valence-corrected chi connectivity index (χ1v) is 4.75. The van der Waals surface area contributed by atoms with E-state index in [1.54, 1.807) is 0 Å². The van der Waals surface area contributed by atoms with E-state index >= 15 is 0 Å². The van der Waals surface area contributed by atoms with Crippen molar-refractivity contribution in [3.05, 3.63) is 0 Å². The van der Waals surface area contributed by atoms with Gasteiger partial charge in [0.2, 0.25) is 0 Å². The Kier molecular flexibility index (Phi) is 1.90. The van der Waals surface area contributed by atoms with Gasteiger partial charge in [0.05, 0.1) is 0 Å². The van der Waals surface area contributed by atoms with Crippen LogP contribution in [0.5, 0.6) is 0 Å². The predicted molar refractivity (Wildman–Crippen MR) is 46.4 cm³/mol. The molecule has 0 aromatic heterocycles. The van der Waals surface area contributed by atoms with Gasteiger partial charge in [-0.15, -0.1) is 0 Å². The third-order valence-electron chi connectivity index (χ3n) is 2.93. The van der Waals surface area contributed by atoms with E-state index in [0.29, 0.717) is 6.04 Å². The van der Waals surface area contributed by atoms with Crippen molar-refractivity contribution in [1.29, 1.82) is 0 Å². The van der Waals surface area contributed by atoms with Gasteiger partial charge in [0, 0.05) is 25.2 Å². The fraction of sp³-hybridized carbons (Fsp3) is 1.00. The lowest BCUT2D eigenvalue weighted by atomic mass is 10.2. The third-order valence-corrected chi connectivity index (χ3v) is 2.93. The van der Waals surface area contributed by atoms with Crippen LogP contribution in [0.3, 0.4) is 0 Å². The van der Waals surface area contributed by atoms with Gasteiger partial charge in [0.1, 0.15) is 0 Å². The highest BCUT2D eigenvalue weighted by Crippen LogP contribution is 2.31. The summed E-state index contributed by atoms with van der Waals surface area (Å²) in [5.41, 5.74) is 5.87. The monoisotopic (exact) mass is 154 g/mol. The highest BCUT2D eigenvalue weighted by Gasteiger charge is 2.31. The summed E-state index contributed by atoms with van der Waals surface area (Å²) in [6, 6.07) is 1.19. The topological polar surface area (TPSA) is 29.3 Å². The molecule has 2 atom stereocenters. The average Bonchev–Trinajstić information content (AvgIpc) is 2.64. The molecule has 64 valence electrons. The molecule has 2 heteroatoms. The van der Waals surface area contributed by atoms with Gasteiger partial charge in [0.15, 0.2) is 0 Å². The van der Waals surface area contributed by atoms with Gasteiger partial charge in [0.25, 0.3) is 0 Å². The van der Waals surface area contributed by atoms with Gasteiger partial charge in [-0.1, -0.05) is 0 Å². The Bertz CT molecular complexity index is 142. The van der Waals surface area contributed by atoms with E-state index in [9.17, 15) is 0 Å². The van der Waals surface area contributed by atoms with E-state index in [0.717, 1.165) is 18.5 Å². The zero-order valence-corrected chi connectivity index (χ0v) is 7.29. The minimum atomic E-state index is 0.448. The van der Waals surface area contributed by atoms with Crippen molar-refractivity contribution in [3.8, 4) is 0 Å². The van der Waals surface area contributed by atoms with E-state index in [1.165, 1.54) is 25.8 Å². The predicted octanol–water partition coefficient (Wildman–Crippen LogP) is 0.818. The maximum atomic E-state index is 5.87. The fourth-order valence-electron chi connectivity index (χ4n) is 2.03. The highest BCUT2D eigenvalue weighted by molar-refractivity contribution is 4.88. The second kappa shape index (κ2) is 2.76. The van der Waals surface area contributed by atoms with Crippen LogP contribution in [-0.2, 0) is 0 Å².